The minimum atomic E-state index is -0.442. The third-order valence-electron chi connectivity index (χ3n) is 2.25. The Kier molecular flexibility index (Phi) is 4.54. The summed E-state index contributed by atoms with van der Waals surface area (Å²) >= 11 is 4.91. The summed E-state index contributed by atoms with van der Waals surface area (Å²) in [4.78, 5) is 10.2. The first-order chi connectivity index (χ1) is 7.54. The van der Waals surface area contributed by atoms with Crippen molar-refractivity contribution in [3.63, 3.8) is 0 Å². The second-order valence-corrected chi connectivity index (χ2v) is 4.01. The molecule has 1 rings (SSSR count). The van der Waals surface area contributed by atoms with Crippen LogP contribution in [0.3, 0.4) is 0 Å². The van der Waals surface area contributed by atoms with E-state index in [9.17, 15) is 4.39 Å². The van der Waals surface area contributed by atoms with E-state index in [1.54, 1.807) is 0 Å². The summed E-state index contributed by atoms with van der Waals surface area (Å²) in [5, 5.41) is 0. The van der Waals surface area contributed by atoms with Gasteiger partial charge in [0.25, 0.3) is 0 Å². The van der Waals surface area contributed by atoms with Gasteiger partial charge in [0.1, 0.15) is 0 Å². The molecule has 0 spiro atoms. The average Bonchev–Trinajstić information content (AvgIpc) is 2.26. The number of aromatic nitrogens is 2. The Bertz CT molecular complexity index is 354. The number of hydrogen-bond acceptors (Lipinski definition) is 4. The average molecular weight is 242 g/mol. The highest BCUT2D eigenvalue weighted by Crippen LogP contribution is 2.09. The van der Waals surface area contributed by atoms with Crippen molar-refractivity contribution in [2.24, 2.45) is 11.7 Å². The molecule has 1 aromatic heterocycles. The van der Waals surface area contributed by atoms with Crippen molar-refractivity contribution in [3.05, 3.63) is 18.2 Å². The van der Waals surface area contributed by atoms with Crippen LogP contribution in [0.25, 0.3) is 0 Å². The highest BCUT2D eigenvalue weighted by molar-refractivity contribution is 7.80. The van der Waals surface area contributed by atoms with E-state index < -0.39 is 5.82 Å². The van der Waals surface area contributed by atoms with Gasteiger partial charge in [0.15, 0.2) is 5.82 Å². The zero-order valence-corrected chi connectivity index (χ0v) is 10.2. The standard InChI is InChI=1S/C10H15FN4S/c1-3-15(6-7(2)9(12)16)10-13-4-8(11)5-14-10/h4-5,7H,3,6H2,1-2H3,(H2,12,16). The number of halogens is 1. The molecule has 1 aromatic rings. The molecule has 0 radical (unpaired) electrons. The molecule has 88 valence electrons. The van der Waals surface area contributed by atoms with Gasteiger partial charge < -0.3 is 10.6 Å². The van der Waals surface area contributed by atoms with Crippen LogP contribution in [0.1, 0.15) is 13.8 Å². The Morgan fingerprint density at radius 1 is 1.56 bits per heavy atom. The molecular formula is C10H15FN4S. The molecule has 0 aromatic carbocycles. The first kappa shape index (κ1) is 12.8. The molecule has 0 amide bonds. The fraction of sp³-hybridized carbons (Fsp3) is 0.500. The quantitative estimate of drug-likeness (QED) is 0.790. The minimum Gasteiger partial charge on any atom is -0.393 e. The maximum absolute atomic E-state index is 12.7. The van der Waals surface area contributed by atoms with Gasteiger partial charge in [-0.2, -0.15) is 0 Å². The van der Waals surface area contributed by atoms with Crippen LogP contribution in [0.4, 0.5) is 10.3 Å². The second-order valence-electron chi connectivity index (χ2n) is 3.54. The van der Waals surface area contributed by atoms with Crippen molar-refractivity contribution in [2.75, 3.05) is 18.0 Å². The highest BCUT2D eigenvalue weighted by Gasteiger charge is 2.13. The Labute approximate surface area is 99.7 Å². The predicted octanol–water partition coefficient (Wildman–Crippen LogP) is 1.36. The van der Waals surface area contributed by atoms with Crippen LogP contribution in [0.15, 0.2) is 12.4 Å². The molecule has 0 saturated heterocycles. The van der Waals surface area contributed by atoms with Gasteiger partial charge in [-0.3, -0.25) is 0 Å². The number of rotatable bonds is 5. The Hall–Kier alpha value is -1.30. The van der Waals surface area contributed by atoms with Gasteiger partial charge in [-0.05, 0) is 6.92 Å². The molecule has 1 unspecified atom stereocenters. The van der Waals surface area contributed by atoms with E-state index in [2.05, 4.69) is 9.97 Å². The van der Waals surface area contributed by atoms with Crippen LogP contribution in [-0.4, -0.2) is 28.0 Å². The molecule has 6 heteroatoms. The molecule has 0 aliphatic rings. The van der Waals surface area contributed by atoms with Crippen molar-refractivity contribution in [2.45, 2.75) is 13.8 Å². The summed E-state index contributed by atoms with van der Waals surface area (Å²) in [7, 11) is 0. The van der Waals surface area contributed by atoms with Crippen molar-refractivity contribution in [1.82, 2.24) is 9.97 Å². The lowest BCUT2D eigenvalue weighted by Crippen LogP contribution is -2.34. The number of anilines is 1. The van der Waals surface area contributed by atoms with Gasteiger partial charge in [0, 0.05) is 19.0 Å². The van der Waals surface area contributed by atoms with E-state index in [1.807, 2.05) is 18.7 Å². The Morgan fingerprint density at radius 3 is 2.56 bits per heavy atom. The van der Waals surface area contributed by atoms with Crippen molar-refractivity contribution < 1.29 is 4.39 Å². The van der Waals surface area contributed by atoms with Gasteiger partial charge >= 0.3 is 0 Å². The summed E-state index contributed by atoms with van der Waals surface area (Å²) in [5.41, 5.74) is 5.55. The third kappa shape index (κ3) is 3.37. The van der Waals surface area contributed by atoms with Crippen LogP contribution in [-0.2, 0) is 0 Å². The van der Waals surface area contributed by atoms with E-state index in [0.29, 0.717) is 17.5 Å². The maximum Gasteiger partial charge on any atom is 0.225 e. The Morgan fingerprint density at radius 2 is 2.12 bits per heavy atom. The summed E-state index contributed by atoms with van der Waals surface area (Å²) in [6.07, 6.45) is 2.30. The summed E-state index contributed by atoms with van der Waals surface area (Å²) in [6.45, 7) is 5.27. The summed E-state index contributed by atoms with van der Waals surface area (Å²) < 4.78 is 12.7. The zero-order chi connectivity index (χ0) is 12.1. The fourth-order valence-corrected chi connectivity index (χ4v) is 1.32. The third-order valence-corrected chi connectivity index (χ3v) is 2.65. The van der Waals surface area contributed by atoms with Gasteiger partial charge in [0.05, 0.1) is 17.4 Å². The second kappa shape index (κ2) is 5.69. The predicted molar refractivity (Wildman–Crippen MR) is 65.8 cm³/mol. The molecule has 2 N–H and O–H groups in total. The molecule has 1 atom stereocenters. The summed E-state index contributed by atoms with van der Waals surface area (Å²) in [5.74, 6) is 0.123. The lowest BCUT2D eigenvalue weighted by Gasteiger charge is -2.23. The largest absolute Gasteiger partial charge is 0.393 e. The van der Waals surface area contributed by atoms with E-state index in [0.717, 1.165) is 18.9 Å². The van der Waals surface area contributed by atoms with Crippen molar-refractivity contribution >= 4 is 23.2 Å². The van der Waals surface area contributed by atoms with Crippen LogP contribution in [0.2, 0.25) is 0 Å². The Balaban J connectivity index is 2.74. The molecular weight excluding hydrogens is 227 g/mol. The van der Waals surface area contributed by atoms with Crippen molar-refractivity contribution in [1.29, 1.82) is 0 Å². The number of nitrogens with two attached hydrogens (primary N) is 1. The molecule has 0 saturated carbocycles. The number of nitrogens with zero attached hydrogens (tertiary/aromatic N) is 3. The van der Waals surface area contributed by atoms with Gasteiger partial charge in [-0.15, -0.1) is 0 Å². The lowest BCUT2D eigenvalue weighted by atomic mass is 10.2. The van der Waals surface area contributed by atoms with Gasteiger partial charge in [0.2, 0.25) is 5.95 Å². The topological polar surface area (TPSA) is 55.0 Å². The zero-order valence-electron chi connectivity index (χ0n) is 9.35. The fourth-order valence-electron chi connectivity index (χ4n) is 1.24. The normalized spacial score (nSPS) is 12.2. The molecule has 0 fully saturated rings. The maximum atomic E-state index is 12.7. The number of hydrogen-bond donors (Lipinski definition) is 1. The van der Waals surface area contributed by atoms with Crippen LogP contribution >= 0.6 is 12.2 Å². The van der Waals surface area contributed by atoms with Gasteiger partial charge in [-0.25, -0.2) is 14.4 Å². The first-order valence-corrected chi connectivity index (χ1v) is 5.47. The minimum absolute atomic E-state index is 0.0728. The SMILES string of the molecule is CCN(CC(C)C(N)=S)c1ncc(F)cn1. The van der Waals surface area contributed by atoms with E-state index >= 15 is 0 Å². The van der Waals surface area contributed by atoms with Crippen LogP contribution < -0.4 is 10.6 Å². The van der Waals surface area contributed by atoms with Crippen molar-refractivity contribution in [3.8, 4) is 0 Å². The molecule has 1 heterocycles. The van der Waals surface area contributed by atoms with E-state index in [1.165, 1.54) is 0 Å². The molecule has 16 heavy (non-hydrogen) atoms. The lowest BCUT2D eigenvalue weighted by molar-refractivity contribution is 0.608. The first-order valence-electron chi connectivity index (χ1n) is 5.06. The van der Waals surface area contributed by atoms with Crippen LogP contribution in [0.5, 0.6) is 0 Å². The monoisotopic (exact) mass is 242 g/mol. The van der Waals surface area contributed by atoms with E-state index in [-0.39, 0.29) is 5.92 Å². The summed E-state index contributed by atoms with van der Waals surface area (Å²) in [6, 6.07) is 0. The molecule has 4 nitrogen and oxygen atoms in total. The molecule has 0 aliphatic carbocycles. The van der Waals surface area contributed by atoms with Crippen LogP contribution in [0, 0.1) is 11.7 Å². The smallest absolute Gasteiger partial charge is 0.225 e. The molecule has 0 aliphatic heterocycles. The highest BCUT2D eigenvalue weighted by atomic mass is 32.1. The molecule has 0 bridgehead atoms. The number of thiocarbonyl (C=S) groups is 1. The van der Waals surface area contributed by atoms with E-state index in [4.69, 9.17) is 18.0 Å². The van der Waals surface area contributed by atoms with Gasteiger partial charge in [-0.1, -0.05) is 19.1 Å².